The first-order valence-corrected chi connectivity index (χ1v) is 8.80. The highest BCUT2D eigenvalue weighted by molar-refractivity contribution is 5.52. The number of phenols is 2. The average Bonchev–Trinajstić information content (AvgIpc) is 2.52. The van der Waals surface area contributed by atoms with Crippen LogP contribution in [-0.2, 0) is 15.6 Å². The van der Waals surface area contributed by atoms with Gasteiger partial charge in [-0.25, -0.2) is 0 Å². The van der Waals surface area contributed by atoms with Crippen LogP contribution in [0.5, 0.6) is 17.2 Å². The minimum absolute atomic E-state index is 0.193. The van der Waals surface area contributed by atoms with Gasteiger partial charge in [0, 0.05) is 23.8 Å². The molecule has 2 N–H and O–H groups in total. The first-order valence-electron chi connectivity index (χ1n) is 8.80. The van der Waals surface area contributed by atoms with Gasteiger partial charge in [0.2, 0.25) is 6.29 Å². The second-order valence-electron chi connectivity index (χ2n) is 8.64. The van der Waals surface area contributed by atoms with Gasteiger partial charge in [-0.05, 0) is 47.2 Å². The number of rotatable bonds is 4. The Kier molecular flexibility index (Phi) is 5.57. The molecule has 142 valence electrons. The fourth-order valence-corrected chi connectivity index (χ4v) is 2.83. The zero-order valence-corrected chi connectivity index (χ0v) is 16.8. The van der Waals surface area contributed by atoms with Crippen LogP contribution in [0.15, 0.2) is 36.4 Å². The fraction of sp³-hybridized carbons (Fsp3) is 0.455. The van der Waals surface area contributed by atoms with Crippen molar-refractivity contribution in [3.8, 4) is 17.2 Å². The van der Waals surface area contributed by atoms with E-state index in [1.807, 2.05) is 12.1 Å². The molecule has 2 rings (SSSR count). The standard InChI is InChI=1S/C22H30O4/c1-21(2,3)17-12-16(13-18(19(17)24)22(4,5)6)26-20(25-7)14-8-10-15(23)11-9-14/h8-13,20,23-24H,1-7H3. The highest BCUT2D eigenvalue weighted by Gasteiger charge is 2.27. The number of hydrogen-bond donors (Lipinski definition) is 2. The number of benzene rings is 2. The Morgan fingerprint density at radius 1 is 0.808 bits per heavy atom. The van der Waals surface area contributed by atoms with E-state index in [2.05, 4.69) is 41.5 Å². The first-order chi connectivity index (χ1) is 11.9. The van der Waals surface area contributed by atoms with Crippen molar-refractivity contribution < 1.29 is 19.7 Å². The molecule has 0 aliphatic heterocycles. The van der Waals surface area contributed by atoms with E-state index >= 15 is 0 Å². The Morgan fingerprint density at radius 3 is 1.65 bits per heavy atom. The van der Waals surface area contributed by atoms with Gasteiger partial charge >= 0.3 is 0 Å². The van der Waals surface area contributed by atoms with Crippen molar-refractivity contribution in [1.29, 1.82) is 0 Å². The largest absolute Gasteiger partial charge is 0.508 e. The van der Waals surface area contributed by atoms with Crippen LogP contribution in [0, 0.1) is 0 Å². The number of ether oxygens (including phenoxy) is 2. The van der Waals surface area contributed by atoms with E-state index in [0.29, 0.717) is 11.5 Å². The van der Waals surface area contributed by atoms with Crippen LogP contribution < -0.4 is 4.74 Å². The van der Waals surface area contributed by atoms with Gasteiger partial charge in [-0.3, -0.25) is 0 Å². The van der Waals surface area contributed by atoms with Crippen molar-refractivity contribution in [1.82, 2.24) is 0 Å². The molecule has 0 aliphatic rings. The van der Waals surface area contributed by atoms with Gasteiger partial charge in [0.05, 0.1) is 0 Å². The Bertz CT molecular complexity index is 714. The topological polar surface area (TPSA) is 58.9 Å². The monoisotopic (exact) mass is 358 g/mol. The van der Waals surface area contributed by atoms with E-state index < -0.39 is 6.29 Å². The van der Waals surface area contributed by atoms with Gasteiger partial charge in [-0.1, -0.05) is 41.5 Å². The summed E-state index contributed by atoms with van der Waals surface area (Å²) >= 11 is 0. The number of methoxy groups -OCH3 is 1. The molecule has 26 heavy (non-hydrogen) atoms. The van der Waals surface area contributed by atoms with Crippen molar-refractivity contribution in [2.75, 3.05) is 7.11 Å². The smallest absolute Gasteiger partial charge is 0.226 e. The lowest BCUT2D eigenvalue weighted by molar-refractivity contribution is -0.0564. The summed E-state index contributed by atoms with van der Waals surface area (Å²) in [7, 11) is 1.58. The number of phenolic OH excluding ortho intramolecular Hbond substituents is 2. The number of hydrogen-bond acceptors (Lipinski definition) is 4. The van der Waals surface area contributed by atoms with Gasteiger partial charge < -0.3 is 19.7 Å². The SMILES string of the molecule is COC(Oc1cc(C(C)(C)C)c(O)c(C(C)(C)C)c1)c1ccc(O)cc1. The zero-order valence-electron chi connectivity index (χ0n) is 16.8. The van der Waals surface area contributed by atoms with E-state index in [-0.39, 0.29) is 16.6 Å². The molecule has 0 radical (unpaired) electrons. The molecule has 1 unspecified atom stereocenters. The highest BCUT2D eigenvalue weighted by atomic mass is 16.7. The molecular weight excluding hydrogens is 328 g/mol. The quantitative estimate of drug-likeness (QED) is 0.717. The molecule has 0 spiro atoms. The predicted molar refractivity (Wildman–Crippen MR) is 104 cm³/mol. The summed E-state index contributed by atoms with van der Waals surface area (Å²) in [6.45, 7) is 12.4. The van der Waals surface area contributed by atoms with Crippen LogP contribution in [0.3, 0.4) is 0 Å². The maximum absolute atomic E-state index is 10.8. The molecule has 4 nitrogen and oxygen atoms in total. The van der Waals surface area contributed by atoms with Crippen LogP contribution >= 0.6 is 0 Å². The summed E-state index contributed by atoms with van der Waals surface area (Å²) in [5.74, 6) is 1.15. The fourth-order valence-electron chi connectivity index (χ4n) is 2.83. The lowest BCUT2D eigenvalue weighted by atomic mass is 9.79. The second-order valence-corrected chi connectivity index (χ2v) is 8.64. The third kappa shape index (κ3) is 4.50. The summed E-state index contributed by atoms with van der Waals surface area (Å²) in [6.07, 6.45) is -0.610. The molecule has 0 saturated heterocycles. The third-order valence-electron chi connectivity index (χ3n) is 4.32. The molecule has 0 saturated carbocycles. The first kappa shape index (κ1) is 20.1. The molecule has 0 aromatic heterocycles. The zero-order chi connectivity index (χ0) is 19.7. The molecule has 2 aromatic carbocycles. The summed E-state index contributed by atoms with van der Waals surface area (Å²) in [6, 6.07) is 10.5. The summed E-state index contributed by atoms with van der Waals surface area (Å²) in [5.41, 5.74) is 2.00. The van der Waals surface area contributed by atoms with Crippen molar-refractivity contribution in [2.24, 2.45) is 0 Å². The van der Waals surface area contributed by atoms with Gasteiger partial charge in [-0.15, -0.1) is 0 Å². The number of aromatic hydroxyl groups is 2. The Labute approximate surface area is 156 Å². The van der Waals surface area contributed by atoms with Gasteiger partial charge in [-0.2, -0.15) is 0 Å². The maximum atomic E-state index is 10.8. The molecule has 0 bridgehead atoms. The van der Waals surface area contributed by atoms with Gasteiger partial charge in [0.15, 0.2) is 0 Å². The molecule has 1 atom stereocenters. The molecule has 4 heteroatoms. The summed E-state index contributed by atoms with van der Waals surface area (Å²) in [5, 5.41) is 20.3. The van der Waals surface area contributed by atoms with Crippen LogP contribution in [0.4, 0.5) is 0 Å². The second kappa shape index (κ2) is 7.20. The van der Waals surface area contributed by atoms with Crippen molar-refractivity contribution in [2.45, 2.75) is 58.7 Å². The summed E-state index contributed by atoms with van der Waals surface area (Å²) in [4.78, 5) is 0. The molecule has 2 aromatic rings. The lowest BCUT2D eigenvalue weighted by Crippen LogP contribution is -2.18. The molecule has 0 fully saturated rings. The maximum Gasteiger partial charge on any atom is 0.226 e. The Balaban J connectivity index is 2.49. The van der Waals surface area contributed by atoms with Crippen molar-refractivity contribution >= 4 is 0 Å². The van der Waals surface area contributed by atoms with E-state index in [0.717, 1.165) is 16.7 Å². The molecule has 0 heterocycles. The Morgan fingerprint density at radius 2 is 1.27 bits per heavy atom. The van der Waals surface area contributed by atoms with Gasteiger partial charge in [0.25, 0.3) is 0 Å². The molecular formula is C22H30O4. The van der Waals surface area contributed by atoms with E-state index in [9.17, 15) is 10.2 Å². The minimum Gasteiger partial charge on any atom is -0.508 e. The predicted octanol–water partition coefficient (Wildman–Crippen LogP) is 5.42. The van der Waals surface area contributed by atoms with Crippen LogP contribution in [0.25, 0.3) is 0 Å². The van der Waals surface area contributed by atoms with Crippen LogP contribution in [-0.4, -0.2) is 17.3 Å². The average molecular weight is 358 g/mol. The van der Waals surface area contributed by atoms with E-state index in [4.69, 9.17) is 9.47 Å². The molecule has 0 aliphatic carbocycles. The third-order valence-corrected chi connectivity index (χ3v) is 4.32. The van der Waals surface area contributed by atoms with Crippen molar-refractivity contribution in [3.63, 3.8) is 0 Å². The Hall–Kier alpha value is -2.20. The molecule has 0 amide bonds. The van der Waals surface area contributed by atoms with Crippen LogP contribution in [0.1, 0.15) is 64.5 Å². The normalized spacial score (nSPS) is 13.5. The van der Waals surface area contributed by atoms with Gasteiger partial charge in [0.1, 0.15) is 17.2 Å². The highest BCUT2D eigenvalue weighted by Crippen LogP contribution is 2.42. The minimum atomic E-state index is -0.610. The summed E-state index contributed by atoms with van der Waals surface area (Å²) < 4.78 is 11.6. The van der Waals surface area contributed by atoms with Crippen LogP contribution in [0.2, 0.25) is 0 Å². The van der Waals surface area contributed by atoms with Crippen molar-refractivity contribution in [3.05, 3.63) is 53.1 Å². The lowest BCUT2D eigenvalue weighted by Gasteiger charge is -2.29. The van der Waals surface area contributed by atoms with E-state index in [1.165, 1.54) is 0 Å². The van der Waals surface area contributed by atoms with E-state index in [1.54, 1.807) is 31.4 Å².